The molecule has 0 aliphatic rings. The second-order valence-electron chi connectivity index (χ2n) is 7.44. The molecule has 3 rings (SSSR count). The lowest BCUT2D eigenvalue weighted by atomic mass is 10.0. The molecule has 7 heteroatoms. The minimum atomic E-state index is -0.336. The number of nitrogens with one attached hydrogen (secondary N) is 1. The van der Waals surface area contributed by atoms with Gasteiger partial charge in [0.1, 0.15) is 18.1 Å². The molecule has 3 aromatic carbocycles. The van der Waals surface area contributed by atoms with Crippen LogP contribution in [0.2, 0.25) is 15.1 Å². The first-order valence-corrected chi connectivity index (χ1v) is 11.4. The van der Waals surface area contributed by atoms with Gasteiger partial charge in [0.15, 0.2) is 0 Å². The van der Waals surface area contributed by atoms with Crippen molar-refractivity contribution in [3.05, 3.63) is 86.4 Å². The topological polar surface area (TPSA) is 47.6 Å². The first-order valence-electron chi connectivity index (χ1n) is 10.2. The number of carbonyl (C=O) groups excluding carboxylic acids is 1. The minimum Gasteiger partial charge on any atom is -0.493 e. The fraction of sp³-hybridized carbons (Fsp3) is 0.240. The van der Waals surface area contributed by atoms with Crippen molar-refractivity contribution in [1.29, 1.82) is 0 Å². The number of halogens is 3. The highest BCUT2D eigenvalue weighted by Gasteiger charge is 2.15. The summed E-state index contributed by atoms with van der Waals surface area (Å²) in [5.74, 6) is 1.46. The second kappa shape index (κ2) is 11.0. The number of carbonyl (C=O) groups is 1. The molecule has 0 fully saturated rings. The zero-order chi connectivity index (χ0) is 23.3. The monoisotopic (exact) mass is 491 g/mol. The number of hydrogen-bond acceptors (Lipinski definition) is 3. The van der Waals surface area contributed by atoms with Gasteiger partial charge in [-0.25, -0.2) is 0 Å². The Morgan fingerprint density at radius 3 is 2.34 bits per heavy atom. The Morgan fingerprint density at radius 1 is 0.906 bits per heavy atom. The SMILES string of the molecule is CCOc1ccc(C(=O)Nc2cc(Cl)c(Cl)cc2Cl)cc1COc1ccccc1C(C)C. The van der Waals surface area contributed by atoms with Crippen LogP contribution in [0.25, 0.3) is 0 Å². The van der Waals surface area contributed by atoms with E-state index in [1.54, 1.807) is 18.2 Å². The standard InChI is InChI=1S/C25H24Cl3NO3/c1-4-31-23-10-9-16(25(30)29-22-13-20(27)19(26)12-21(22)28)11-17(23)14-32-24-8-6-5-7-18(24)15(2)3/h5-13,15H,4,14H2,1-3H3,(H,29,30). The maximum Gasteiger partial charge on any atom is 0.255 e. The summed E-state index contributed by atoms with van der Waals surface area (Å²) >= 11 is 18.2. The van der Waals surface area contributed by atoms with Crippen LogP contribution in [0.1, 0.15) is 48.2 Å². The number of hydrogen-bond donors (Lipinski definition) is 1. The maximum atomic E-state index is 12.9. The molecule has 0 heterocycles. The third-order valence-corrected chi connectivity index (χ3v) is 5.84. The summed E-state index contributed by atoms with van der Waals surface area (Å²) in [4.78, 5) is 12.9. The number of rotatable bonds is 8. The summed E-state index contributed by atoms with van der Waals surface area (Å²) in [6.45, 7) is 6.90. The van der Waals surface area contributed by atoms with E-state index in [1.807, 2.05) is 31.2 Å². The molecule has 1 amide bonds. The van der Waals surface area contributed by atoms with Crippen molar-refractivity contribution < 1.29 is 14.3 Å². The Bertz CT molecular complexity index is 1120. The van der Waals surface area contributed by atoms with E-state index in [0.717, 1.165) is 16.9 Å². The van der Waals surface area contributed by atoms with Crippen molar-refractivity contribution in [3.8, 4) is 11.5 Å². The van der Waals surface area contributed by atoms with Crippen LogP contribution in [0.5, 0.6) is 11.5 Å². The Morgan fingerprint density at radius 2 is 1.62 bits per heavy atom. The quantitative estimate of drug-likeness (QED) is 0.324. The van der Waals surface area contributed by atoms with Crippen LogP contribution in [-0.2, 0) is 6.61 Å². The number of ether oxygens (including phenoxy) is 2. The molecule has 0 unspecified atom stereocenters. The summed E-state index contributed by atoms with van der Waals surface area (Å²) in [6.07, 6.45) is 0. The summed E-state index contributed by atoms with van der Waals surface area (Å²) in [5.41, 5.74) is 2.70. The van der Waals surface area contributed by atoms with Crippen molar-refractivity contribution in [2.75, 3.05) is 11.9 Å². The molecule has 0 aliphatic heterocycles. The molecule has 3 aromatic rings. The van der Waals surface area contributed by atoms with E-state index in [2.05, 4.69) is 19.2 Å². The van der Waals surface area contributed by atoms with Gasteiger partial charge in [-0.05, 0) is 54.8 Å². The number of benzene rings is 3. The molecule has 168 valence electrons. The Balaban J connectivity index is 1.84. The van der Waals surface area contributed by atoms with Gasteiger partial charge in [-0.2, -0.15) is 0 Å². The average molecular weight is 493 g/mol. The lowest BCUT2D eigenvalue weighted by Gasteiger charge is -2.16. The number of anilines is 1. The normalized spacial score (nSPS) is 10.8. The van der Waals surface area contributed by atoms with Gasteiger partial charge < -0.3 is 14.8 Å². The molecule has 0 spiro atoms. The van der Waals surface area contributed by atoms with Crippen LogP contribution in [0.4, 0.5) is 5.69 Å². The Hall–Kier alpha value is -2.40. The molecule has 0 bridgehead atoms. The van der Waals surface area contributed by atoms with Crippen LogP contribution in [-0.4, -0.2) is 12.5 Å². The predicted molar refractivity (Wildman–Crippen MR) is 132 cm³/mol. The van der Waals surface area contributed by atoms with Crippen molar-refractivity contribution >= 4 is 46.4 Å². The molecule has 32 heavy (non-hydrogen) atoms. The first kappa shape index (κ1) is 24.2. The van der Waals surface area contributed by atoms with Crippen molar-refractivity contribution in [2.24, 2.45) is 0 Å². The van der Waals surface area contributed by atoms with Crippen molar-refractivity contribution in [2.45, 2.75) is 33.3 Å². The minimum absolute atomic E-state index is 0.258. The molecule has 4 nitrogen and oxygen atoms in total. The number of amides is 1. The molecule has 0 aromatic heterocycles. The van der Waals surface area contributed by atoms with E-state index in [1.165, 1.54) is 12.1 Å². The Kier molecular flexibility index (Phi) is 8.30. The van der Waals surface area contributed by atoms with E-state index < -0.39 is 0 Å². The van der Waals surface area contributed by atoms with Crippen LogP contribution >= 0.6 is 34.8 Å². The second-order valence-corrected chi connectivity index (χ2v) is 8.66. The van der Waals surface area contributed by atoms with Crippen LogP contribution in [0.15, 0.2) is 54.6 Å². The zero-order valence-corrected chi connectivity index (χ0v) is 20.3. The fourth-order valence-electron chi connectivity index (χ4n) is 3.19. The molecule has 0 saturated carbocycles. The van der Waals surface area contributed by atoms with E-state index in [-0.39, 0.29) is 12.5 Å². The highest BCUT2D eigenvalue weighted by molar-refractivity contribution is 6.44. The highest BCUT2D eigenvalue weighted by atomic mass is 35.5. The number of para-hydroxylation sites is 1. The summed E-state index contributed by atoms with van der Waals surface area (Å²) in [6, 6.07) is 16.1. The molecule has 1 N–H and O–H groups in total. The third kappa shape index (κ3) is 5.89. The van der Waals surface area contributed by atoms with Crippen LogP contribution < -0.4 is 14.8 Å². The highest BCUT2D eigenvalue weighted by Crippen LogP contribution is 2.33. The summed E-state index contributed by atoms with van der Waals surface area (Å²) in [5, 5.41) is 3.69. The van der Waals surface area contributed by atoms with Gasteiger partial charge in [0, 0.05) is 11.1 Å². The average Bonchev–Trinajstić information content (AvgIpc) is 2.77. The van der Waals surface area contributed by atoms with Gasteiger partial charge in [-0.1, -0.05) is 66.8 Å². The summed E-state index contributed by atoms with van der Waals surface area (Å²) in [7, 11) is 0. The van der Waals surface area contributed by atoms with E-state index >= 15 is 0 Å². The third-order valence-electron chi connectivity index (χ3n) is 4.80. The van der Waals surface area contributed by atoms with Gasteiger partial charge in [-0.15, -0.1) is 0 Å². The molecular weight excluding hydrogens is 469 g/mol. The Labute approximate surface area is 203 Å². The maximum absolute atomic E-state index is 12.9. The predicted octanol–water partition coefficient (Wildman–Crippen LogP) is 8.00. The van der Waals surface area contributed by atoms with E-state index in [4.69, 9.17) is 44.3 Å². The van der Waals surface area contributed by atoms with Gasteiger partial charge in [0.2, 0.25) is 0 Å². The van der Waals surface area contributed by atoms with Crippen LogP contribution in [0.3, 0.4) is 0 Å². The largest absolute Gasteiger partial charge is 0.493 e. The zero-order valence-electron chi connectivity index (χ0n) is 18.0. The molecule has 0 atom stereocenters. The fourth-order valence-corrected chi connectivity index (χ4v) is 3.78. The van der Waals surface area contributed by atoms with Gasteiger partial charge in [0.05, 0.1) is 27.4 Å². The molecule has 0 radical (unpaired) electrons. The first-order chi connectivity index (χ1) is 15.3. The van der Waals surface area contributed by atoms with Crippen molar-refractivity contribution in [3.63, 3.8) is 0 Å². The summed E-state index contributed by atoms with van der Waals surface area (Å²) < 4.78 is 11.8. The van der Waals surface area contributed by atoms with Crippen LogP contribution in [0, 0.1) is 0 Å². The van der Waals surface area contributed by atoms with Gasteiger partial charge in [0.25, 0.3) is 5.91 Å². The molecule has 0 saturated heterocycles. The lowest BCUT2D eigenvalue weighted by Crippen LogP contribution is -2.13. The lowest BCUT2D eigenvalue weighted by molar-refractivity contribution is 0.102. The van der Waals surface area contributed by atoms with Crippen molar-refractivity contribution in [1.82, 2.24) is 0 Å². The van der Waals surface area contributed by atoms with E-state index in [9.17, 15) is 4.79 Å². The van der Waals surface area contributed by atoms with Gasteiger partial charge in [-0.3, -0.25) is 4.79 Å². The smallest absolute Gasteiger partial charge is 0.255 e. The van der Waals surface area contributed by atoms with E-state index in [0.29, 0.717) is 44.6 Å². The van der Waals surface area contributed by atoms with Gasteiger partial charge >= 0.3 is 0 Å². The molecule has 0 aliphatic carbocycles. The molecular formula is C25H24Cl3NO3.